The van der Waals surface area contributed by atoms with Crippen LogP contribution < -0.4 is 5.32 Å². The summed E-state index contributed by atoms with van der Waals surface area (Å²) in [6, 6.07) is 18.3. The third kappa shape index (κ3) is 3.52. The van der Waals surface area contributed by atoms with Gasteiger partial charge in [0.05, 0.1) is 6.20 Å². The Morgan fingerprint density at radius 2 is 1.50 bits per heavy atom. The molecule has 3 heteroatoms. The second kappa shape index (κ2) is 7.37. The summed E-state index contributed by atoms with van der Waals surface area (Å²) < 4.78 is 13.8. The number of nitrogens with zero attached hydrogens (tertiary/aromatic N) is 1. The normalized spacial score (nSPS) is 12.1. The fraction of sp³-hybridized carbons (Fsp3) is 0.190. The first-order valence-corrected chi connectivity index (χ1v) is 8.14. The Hall–Kier alpha value is -2.52. The molecule has 1 heterocycles. The molecule has 1 N–H and O–H groups in total. The van der Waals surface area contributed by atoms with Crippen LogP contribution >= 0.6 is 0 Å². The number of halogens is 1. The van der Waals surface area contributed by atoms with Gasteiger partial charge in [0.1, 0.15) is 5.82 Å². The van der Waals surface area contributed by atoms with Gasteiger partial charge in [-0.1, -0.05) is 55.5 Å². The molecule has 0 aliphatic heterocycles. The zero-order valence-electron chi connectivity index (χ0n) is 14.0. The summed E-state index contributed by atoms with van der Waals surface area (Å²) >= 11 is 0. The van der Waals surface area contributed by atoms with Crippen molar-refractivity contribution in [2.45, 2.75) is 12.8 Å². The minimum atomic E-state index is -0.298. The molecule has 1 aromatic heterocycles. The van der Waals surface area contributed by atoms with Gasteiger partial charge in [-0.15, -0.1) is 0 Å². The molecular formula is C21H21FN2. The average molecular weight is 320 g/mol. The lowest BCUT2D eigenvalue weighted by Gasteiger charge is -2.12. The van der Waals surface area contributed by atoms with Crippen molar-refractivity contribution in [3.05, 3.63) is 78.4 Å². The maximum absolute atomic E-state index is 13.8. The molecule has 0 saturated heterocycles. The predicted octanol–water partition coefficient (Wildman–Crippen LogP) is 4.88. The van der Waals surface area contributed by atoms with Crippen molar-refractivity contribution in [2.75, 3.05) is 13.6 Å². The smallest absolute Gasteiger partial charge is 0.149 e. The van der Waals surface area contributed by atoms with Crippen molar-refractivity contribution >= 4 is 0 Å². The first-order valence-electron chi connectivity index (χ1n) is 8.14. The Balaban J connectivity index is 1.82. The van der Waals surface area contributed by atoms with Gasteiger partial charge in [-0.3, -0.25) is 4.98 Å². The summed E-state index contributed by atoms with van der Waals surface area (Å²) in [7, 11) is 1.97. The predicted molar refractivity (Wildman–Crippen MR) is 97.4 cm³/mol. The Morgan fingerprint density at radius 3 is 2.08 bits per heavy atom. The average Bonchev–Trinajstić information content (AvgIpc) is 2.63. The molecule has 0 aliphatic carbocycles. The van der Waals surface area contributed by atoms with Crippen molar-refractivity contribution < 1.29 is 4.39 Å². The molecule has 1 atom stereocenters. The fourth-order valence-corrected chi connectivity index (χ4v) is 2.88. The van der Waals surface area contributed by atoms with E-state index in [1.165, 1.54) is 11.8 Å². The lowest BCUT2D eigenvalue weighted by molar-refractivity contribution is 0.625. The zero-order valence-corrected chi connectivity index (χ0v) is 14.0. The summed E-state index contributed by atoms with van der Waals surface area (Å²) in [4.78, 5) is 3.79. The van der Waals surface area contributed by atoms with Crippen LogP contribution in [0.4, 0.5) is 4.39 Å². The van der Waals surface area contributed by atoms with Gasteiger partial charge in [0.25, 0.3) is 0 Å². The minimum absolute atomic E-state index is 0.298. The van der Waals surface area contributed by atoms with E-state index >= 15 is 0 Å². The van der Waals surface area contributed by atoms with E-state index in [1.807, 2.05) is 31.3 Å². The van der Waals surface area contributed by atoms with Crippen molar-refractivity contribution in [1.82, 2.24) is 10.3 Å². The molecule has 1 unspecified atom stereocenters. The number of aromatic nitrogens is 1. The molecule has 0 fully saturated rings. The number of pyridine rings is 1. The molecule has 0 saturated carbocycles. The van der Waals surface area contributed by atoms with E-state index < -0.39 is 0 Å². The quantitative estimate of drug-likeness (QED) is 0.725. The number of benzene rings is 2. The molecule has 0 spiro atoms. The first-order chi connectivity index (χ1) is 11.7. The van der Waals surface area contributed by atoms with Gasteiger partial charge >= 0.3 is 0 Å². The van der Waals surface area contributed by atoms with Gasteiger partial charge in [0, 0.05) is 18.3 Å². The topological polar surface area (TPSA) is 24.9 Å². The van der Waals surface area contributed by atoms with E-state index in [-0.39, 0.29) is 5.82 Å². The van der Waals surface area contributed by atoms with Crippen LogP contribution in [0, 0.1) is 5.82 Å². The number of rotatable bonds is 5. The third-order valence-corrected chi connectivity index (χ3v) is 4.29. The van der Waals surface area contributed by atoms with Crippen LogP contribution in [0.3, 0.4) is 0 Å². The Labute approximate surface area is 142 Å². The summed E-state index contributed by atoms with van der Waals surface area (Å²) in [5, 5.41) is 3.20. The fourth-order valence-electron chi connectivity index (χ4n) is 2.88. The van der Waals surface area contributed by atoms with Crippen molar-refractivity contribution in [3.8, 4) is 22.3 Å². The number of hydrogen-bond donors (Lipinski definition) is 1. The highest BCUT2D eigenvalue weighted by molar-refractivity contribution is 5.70. The Bertz CT molecular complexity index is 795. The van der Waals surface area contributed by atoms with Crippen LogP contribution in [0.5, 0.6) is 0 Å². The maximum atomic E-state index is 13.8. The van der Waals surface area contributed by atoms with E-state index in [9.17, 15) is 4.39 Å². The third-order valence-electron chi connectivity index (χ3n) is 4.29. The minimum Gasteiger partial charge on any atom is -0.319 e. The van der Waals surface area contributed by atoms with Gasteiger partial charge in [-0.2, -0.15) is 0 Å². The largest absolute Gasteiger partial charge is 0.319 e. The van der Waals surface area contributed by atoms with E-state index in [0.29, 0.717) is 11.5 Å². The van der Waals surface area contributed by atoms with Gasteiger partial charge in [0.2, 0.25) is 0 Å². The van der Waals surface area contributed by atoms with Crippen LogP contribution in [0.2, 0.25) is 0 Å². The van der Waals surface area contributed by atoms with E-state index in [2.05, 4.69) is 41.5 Å². The second-order valence-corrected chi connectivity index (χ2v) is 6.01. The molecule has 0 aliphatic rings. The lowest BCUT2D eigenvalue weighted by Crippen LogP contribution is -2.14. The Kier molecular flexibility index (Phi) is 5.02. The second-order valence-electron chi connectivity index (χ2n) is 6.01. The highest BCUT2D eigenvalue weighted by Gasteiger charge is 2.07. The molecule has 24 heavy (non-hydrogen) atoms. The van der Waals surface area contributed by atoms with E-state index in [0.717, 1.165) is 23.2 Å². The molecule has 2 aromatic carbocycles. The molecule has 0 radical (unpaired) electrons. The summed E-state index contributed by atoms with van der Waals surface area (Å²) in [5.41, 5.74) is 5.05. The van der Waals surface area contributed by atoms with E-state index in [1.54, 1.807) is 12.3 Å². The van der Waals surface area contributed by atoms with Crippen molar-refractivity contribution in [2.24, 2.45) is 0 Å². The number of nitrogens with one attached hydrogen (secondary N) is 1. The lowest BCUT2D eigenvalue weighted by atomic mass is 9.96. The highest BCUT2D eigenvalue weighted by atomic mass is 19.1. The summed E-state index contributed by atoms with van der Waals surface area (Å²) in [6.45, 7) is 3.18. The molecular weight excluding hydrogens is 299 g/mol. The molecule has 0 amide bonds. The summed E-state index contributed by atoms with van der Waals surface area (Å²) in [5.74, 6) is 0.189. The maximum Gasteiger partial charge on any atom is 0.149 e. The molecule has 3 rings (SSSR count). The summed E-state index contributed by atoms with van der Waals surface area (Å²) in [6.07, 6.45) is 2.85. The molecule has 3 aromatic rings. The van der Waals surface area contributed by atoms with Gasteiger partial charge in [0.15, 0.2) is 0 Å². The zero-order chi connectivity index (χ0) is 16.9. The Morgan fingerprint density at radius 1 is 0.917 bits per heavy atom. The van der Waals surface area contributed by atoms with Crippen LogP contribution in [0.25, 0.3) is 22.3 Å². The first kappa shape index (κ1) is 16.3. The van der Waals surface area contributed by atoms with Gasteiger partial charge < -0.3 is 5.32 Å². The van der Waals surface area contributed by atoms with Crippen LogP contribution in [0.15, 0.2) is 67.0 Å². The standard InChI is InChI=1S/C21H21FN2/c1-15(13-23-2)16-3-5-17(6-4-16)18-7-9-19(10-8-18)20-11-12-24-14-21(20)22/h3-12,14-15,23H,13H2,1-2H3. The van der Waals surface area contributed by atoms with Crippen molar-refractivity contribution in [1.29, 1.82) is 0 Å². The van der Waals surface area contributed by atoms with Gasteiger partial charge in [-0.05, 0) is 41.3 Å². The molecule has 0 bridgehead atoms. The monoisotopic (exact) mass is 320 g/mol. The van der Waals surface area contributed by atoms with Gasteiger partial charge in [-0.25, -0.2) is 4.39 Å². The van der Waals surface area contributed by atoms with Crippen LogP contribution in [-0.4, -0.2) is 18.6 Å². The van der Waals surface area contributed by atoms with Crippen molar-refractivity contribution in [3.63, 3.8) is 0 Å². The van der Waals surface area contributed by atoms with Crippen LogP contribution in [-0.2, 0) is 0 Å². The molecule has 122 valence electrons. The van der Waals surface area contributed by atoms with E-state index in [4.69, 9.17) is 0 Å². The SMILES string of the molecule is CNCC(C)c1ccc(-c2ccc(-c3ccncc3F)cc2)cc1. The highest BCUT2D eigenvalue weighted by Crippen LogP contribution is 2.27. The molecule has 2 nitrogen and oxygen atoms in total. The number of hydrogen-bond acceptors (Lipinski definition) is 2. The number of likely N-dealkylation sites (N-methyl/N-ethyl adjacent to an activating group) is 1. The van der Waals surface area contributed by atoms with Crippen LogP contribution in [0.1, 0.15) is 18.4 Å².